The van der Waals surface area contributed by atoms with Crippen LogP contribution in [0.15, 0.2) is 83.2 Å². The average Bonchev–Trinajstić information content (AvgIpc) is 3.00. The second-order valence-corrected chi connectivity index (χ2v) is 15.6. The molecule has 0 saturated heterocycles. The Morgan fingerprint density at radius 1 is 0.860 bits per heavy atom. The van der Waals surface area contributed by atoms with E-state index in [4.69, 9.17) is 27.9 Å². The Morgan fingerprint density at radius 3 is 1.90 bits per heavy atom. The molecule has 0 radical (unpaired) electrons. The molecule has 3 aliphatic rings. The number of alkyl halides is 3. The predicted octanol–water partition coefficient (Wildman–Crippen LogP) is 10.6. The molecule has 0 aromatic heterocycles. The van der Waals surface area contributed by atoms with Crippen molar-refractivity contribution in [2.75, 3.05) is 6.54 Å². The van der Waals surface area contributed by atoms with Gasteiger partial charge in [-0.05, 0) is 65.5 Å². The van der Waals surface area contributed by atoms with Crippen LogP contribution in [0.1, 0.15) is 76.0 Å². The maximum Gasteiger partial charge on any atom is 0.416 e. The molecule has 0 bridgehead atoms. The van der Waals surface area contributed by atoms with E-state index in [-0.39, 0.29) is 51.0 Å². The average molecular weight is 728 g/mol. The van der Waals surface area contributed by atoms with Gasteiger partial charge in [0.15, 0.2) is 17.3 Å². The third kappa shape index (κ3) is 6.92. The first-order valence-corrected chi connectivity index (χ1v) is 17.0. The number of carbonyl (C=O) groups is 2. The van der Waals surface area contributed by atoms with Crippen LogP contribution < -0.4 is 4.74 Å². The molecule has 262 valence electrons. The topological polar surface area (TPSA) is 89.8 Å². The summed E-state index contributed by atoms with van der Waals surface area (Å²) >= 11 is 13.5. The van der Waals surface area contributed by atoms with Crippen LogP contribution in [0.25, 0.3) is 0 Å². The van der Waals surface area contributed by atoms with Crippen molar-refractivity contribution in [3.05, 3.63) is 120 Å². The van der Waals surface area contributed by atoms with Crippen LogP contribution in [0, 0.1) is 20.9 Å². The Hall–Kier alpha value is -4.15. The standard InChI is InChI=1S/C38H35Cl2F3N2O5/c1-36(2)17-27-33(29(46)19-36)32(34-28(18-37(3,4)20-30(34)47)44(27)13-12-21-8-6-5-7-9-21)22-14-24(39)35(25(40)15-22)50-31-11-10-23(38(41,42)43)16-26(31)45(48)49/h5-11,14-16,32H,12-13,17-20H2,1-4H3. The van der Waals surface area contributed by atoms with Crippen LogP contribution in [-0.4, -0.2) is 27.9 Å². The summed E-state index contributed by atoms with van der Waals surface area (Å²) in [5, 5.41) is 11.5. The van der Waals surface area contributed by atoms with Crippen molar-refractivity contribution < 1.29 is 32.4 Å². The highest BCUT2D eigenvalue weighted by Crippen LogP contribution is 2.55. The van der Waals surface area contributed by atoms with Crippen LogP contribution in [0.2, 0.25) is 10.0 Å². The minimum Gasteiger partial charge on any atom is -0.447 e. The summed E-state index contributed by atoms with van der Waals surface area (Å²) in [4.78, 5) is 41.3. The molecule has 3 aromatic rings. The Morgan fingerprint density at radius 2 is 1.40 bits per heavy atom. The number of ether oxygens (including phenoxy) is 1. The van der Waals surface area contributed by atoms with Gasteiger partial charge in [-0.25, -0.2) is 0 Å². The van der Waals surface area contributed by atoms with E-state index in [9.17, 15) is 32.9 Å². The first-order valence-electron chi connectivity index (χ1n) is 16.2. The van der Waals surface area contributed by atoms with Gasteiger partial charge in [-0.3, -0.25) is 19.7 Å². The molecular weight excluding hydrogens is 692 g/mol. The minimum absolute atomic E-state index is 0.0805. The van der Waals surface area contributed by atoms with E-state index in [1.54, 1.807) is 0 Å². The molecule has 1 aliphatic heterocycles. The fourth-order valence-electron chi connectivity index (χ4n) is 7.41. The molecule has 0 spiro atoms. The number of hydrogen-bond donors (Lipinski definition) is 0. The summed E-state index contributed by atoms with van der Waals surface area (Å²) in [6, 6.07) is 14.9. The Balaban J connectivity index is 1.48. The number of benzene rings is 3. The number of nitro groups is 1. The zero-order valence-electron chi connectivity index (χ0n) is 27.9. The fourth-order valence-corrected chi connectivity index (χ4v) is 7.99. The van der Waals surface area contributed by atoms with E-state index in [2.05, 4.69) is 44.7 Å². The number of ketones is 2. The third-order valence-corrected chi connectivity index (χ3v) is 10.1. The maximum absolute atomic E-state index is 14.2. The van der Waals surface area contributed by atoms with Crippen molar-refractivity contribution in [3.63, 3.8) is 0 Å². The number of carbonyl (C=O) groups excluding carboxylic acids is 2. The number of allylic oxidation sites excluding steroid dienone is 4. The Labute approximate surface area is 297 Å². The van der Waals surface area contributed by atoms with Crippen molar-refractivity contribution >= 4 is 40.5 Å². The lowest BCUT2D eigenvalue weighted by Crippen LogP contribution is -2.45. The third-order valence-electron chi connectivity index (χ3n) is 9.54. The van der Waals surface area contributed by atoms with Crippen LogP contribution in [0.4, 0.5) is 18.9 Å². The van der Waals surface area contributed by atoms with Crippen molar-refractivity contribution in [2.45, 2.75) is 71.9 Å². The van der Waals surface area contributed by atoms with Crippen molar-refractivity contribution in [3.8, 4) is 11.5 Å². The molecule has 50 heavy (non-hydrogen) atoms. The molecule has 1 heterocycles. The van der Waals surface area contributed by atoms with Crippen molar-refractivity contribution in [1.82, 2.24) is 4.90 Å². The number of Topliss-reactive ketones (excluding diaryl/α,β-unsaturated/α-hetero) is 2. The second-order valence-electron chi connectivity index (χ2n) is 14.8. The van der Waals surface area contributed by atoms with Gasteiger partial charge in [0.05, 0.1) is 20.5 Å². The molecule has 0 saturated carbocycles. The van der Waals surface area contributed by atoms with E-state index in [0.29, 0.717) is 54.6 Å². The largest absolute Gasteiger partial charge is 0.447 e. The van der Waals surface area contributed by atoms with Gasteiger partial charge in [-0.15, -0.1) is 0 Å². The summed E-state index contributed by atoms with van der Waals surface area (Å²) in [5.74, 6) is -1.64. The van der Waals surface area contributed by atoms with Gasteiger partial charge in [0.1, 0.15) is 0 Å². The molecule has 3 aromatic carbocycles. The monoisotopic (exact) mass is 726 g/mol. The summed E-state index contributed by atoms with van der Waals surface area (Å²) in [6.07, 6.45) is -2.36. The number of hydrogen-bond acceptors (Lipinski definition) is 6. The quantitative estimate of drug-likeness (QED) is 0.178. The molecule has 6 rings (SSSR count). The SMILES string of the molecule is CC1(C)CC(=O)C2=C(C1)N(CCc1ccccc1)C1=C(C(=O)CC(C)(C)C1)C2c1cc(Cl)c(Oc2ccc(C(F)(F)F)cc2[N+](=O)[O-])c(Cl)c1. The Kier molecular flexibility index (Phi) is 9.18. The second kappa shape index (κ2) is 12.9. The van der Waals surface area contributed by atoms with Gasteiger partial charge >= 0.3 is 11.9 Å². The van der Waals surface area contributed by atoms with E-state index in [1.807, 2.05) is 18.2 Å². The molecule has 0 atom stereocenters. The lowest BCUT2D eigenvalue weighted by atomic mass is 9.63. The highest BCUT2D eigenvalue weighted by molar-refractivity contribution is 6.37. The number of nitro benzene ring substituents is 1. The zero-order valence-corrected chi connectivity index (χ0v) is 29.4. The molecule has 7 nitrogen and oxygen atoms in total. The van der Waals surface area contributed by atoms with Crippen molar-refractivity contribution in [2.24, 2.45) is 10.8 Å². The van der Waals surface area contributed by atoms with Crippen LogP contribution >= 0.6 is 23.2 Å². The summed E-state index contributed by atoms with van der Waals surface area (Å²) in [7, 11) is 0. The number of rotatable bonds is 7. The van der Waals surface area contributed by atoms with E-state index < -0.39 is 34.0 Å². The van der Waals surface area contributed by atoms with E-state index in [1.165, 1.54) is 12.1 Å². The fraction of sp³-hybridized carbons (Fsp3) is 0.368. The van der Waals surface area contributed by atoms with Crippen molar-refractivity contribution in [1.29, 1.82) is 0 Å². The summed E-state index contributed by atoms with van der Waals surface area (Å²) in [6.45, 7) is 8.79. The summed E-state index contributed by atoms with van der Waals surface area (Å²) in [5.41, 5.74) is 1.56. The highest BCUT2D eigenvalue weighted by atomic mass is 35.5. The van der Waals surface area contributed by atoms with E-state index >= 15 is 0 Å². The lowest BCUT2D eigenvalue weighted by Gasteiger charge is -2.49. The summed E-state index contributed by atoms with van der Waals surface area (Å²) < 4.78 is 45.6. The predicted molar refractivity (Wildman–Crippen MR) is 184 cm³/mol. The van der Waals surface area contributed by atoms with Gasteiger partial charge in [0.25, 0.3) is 0 Å². The van der Waals surface area contributed by atoms with Gasteiger partial charge in [0, 0.05) is 53.9 Å². The van der Waals surface area contributed by atoms with Gasteiger partial charge < -0.3 is 9.64 Å². The van der Waals surface area contributed by atoms with Gasteiger partial charge in [-0.1, -0.05) is 81.2 Å². The highest BCUT2D eigenvalue weighted by Gasteiger charge is 2.49. The van der Waals surface area contributed by atoms with E-state index in [0.717, 1.165) is 23.0 Å². The first-order chi connectivity index (χ1) is 23.3. The molecular formula is C38H35Cl2F3N2O5. The van der Waals surface area contributed by atoms with Crippen LogP contribution in [0.3, 0.4) is 0 Å². The molecule has 0 fully saturated rings. The van der Waals surface area contributed by atoms with Crippen LogP contribution in [-0.2, 0) is 22.2 Å². The molecule has 12 heteroatoms. The molecule has 0 N–H and O–H groups in total. The Bertz CT molecular complexity index is 1910. The van der Waals surface area contributed by atoms with Gasteiger partial charge in [-0.2, -0.15) is 13.2 Å². The lowest BCUT2D eigenvalue weighted by molar-refractivity contribution is -0.385. The molecule has 2 aliphatic carbocycles. The smallest absolute Gasteiger partial charge is 0.416 e. The number of nitrogens with zero attached hydrogens (tertiary/aromatic N) is 2. The molecule has 0 amide bonds. The number of halogens is 5. The molecule has 0 unspecified atom stereocenters. The first kappa shape index (κ1) is 35.7. The normalized spacial score (nSPS) is 19.0. The minimum atomic E-state index is -4.81. The maximum atomic E-state index is 14.2. The van der Waals surface area contributed by atoms with Gasteiger partial charge in [0.2, 0.25) is 5.75 Å². The van der Waals surface area contributed by atoms with Crippen LogP contribution in [0.5, 0.6) is 11.5 Å². The zero-order chi connectivity index (χ0) is 36.3.